The topological polar surface area (TPSA) is 53.6 Å². The Morgan fingerprint density at radius 3 is 2.83 bits per heavy atom. The maximum absolute atomic E-state index is 5.88. The molecule has 2 N–H and O–H groups in total. The summed E-state index contributed by atoms with van der Waals surface area (Å²) in [4.78, 5) is 13.3. The van der Waals surface area contributed by atoms with Gasteiger partial charge in [0.1, 0.15) is 5.82 Å². The number of benzene rings is 2. The molecule has 2 heterocycles. The molecule has 2 aromatic heterocycles. The highest BCUT2D eigenvalue weighted by molar-refractivity contribution is 7.15. The number of H-pyrrole nitrogens is 1. The van der Waals surface area contributed by atoms with Crippen molar-refractivity contribution in [3.63, 3.8) is 0 Å². The summed E-state index contributed by atoms with van der Waals surface area (Å²) < 4.78 is 0.569. The quantitative estimate of drug-likeness (QED) is 0.525. The van der Waals surface area contributed by atoms with Gasteiger partial charge < -0.3 is 10.3 Å². The Labute approximate surface area is 148 Å². The van der Waals surface area contributed by atoms with Crippen LogP contribution >= 0.6 is 22.9 Å². The van der Waals surface area contributed by atoms with E-state index in [4.69, 9.17) is 16.6 Å². The van der Waals surface area contributed by atoms with E-state index in [0.29, 0.717) is 11.0 Å². The van der Waals surface area contributed by atoms with E-state index in [0.717, 1.165) is 38.5 Å². The Hall–Kier alpha value is -2.37. The van der Waals surface area contributed by atoms with Gasteiger partial charge in [-0.15, -0.1) is 11.3 Å². The molecule has 24 heavy (non-hydrogen) atoms. The van der Waals surface area contributed by atoms with E-state index in [1.165, 1.54) is 11.3 Å². The minimum Gasteiger partial charge on any atom is -0.380 e. The number of anilines is 1. The number of halogens is 1. The molecule has 4 nitrogen and oxygen atoms in total. The normalized spacial score (nSPS) is 11.1. The average molecular weight is 355 g/mol. The number of para-hydroxylation sites is 2. The predicted molar refractivity (Wildman–Crippen MR) is 101 cm³/mol. The molecule has 0 bridgehead atoms. The minimum absolute atomic E-state index is 0.569. The summed E-state index contributed by atoms with van der Waals surface area (Å²) in [6.07, 6.45) is 1.80. The highest BCUT2D eigenvalue weighted by Gasteiger charge is 2.10. The zero-order valence-corrected chi connectivity index (χ0v) is 14.6. The molecule has 0 radical (unpaired) electrons. The first-order chi connectivity index (χ1) is 11.7. The molecule has 0 aliphatic rings. The van der Waals surface area contributed by atoms with E-state index in [9.17, 15) is 0 Å². The largest absolute Gasteiger partial charge is 0.380 e. The molecule has 6 heteroatoms. The number of hydrogen-bond donors (Lipinski definition) is 2. The first kappa shape index (κ1) is 15.2. The fourth-order valence-corrected chi connectivity index (χ4v) is 3.63. The summed E-state index contributed by atoms with van der Waals surface area (Å²) in [6, 6.07) is 14.3. The molecule has 0 saturated carbocycles. The van der Waals surface area contributed by atoms with Crippen LogP contribution in [-0.2, 0) is 6.54 Å². The Kier molecular flexibility index (Phi) is 3.96. The van der Waals surface area contributed by atoms with Crippen molar-refractivity contribution in [3.05, 3.63) is 63.6 Å². The van der Waals surface area contributed by atoms with Crippen LogP contribution in [0.3, 0.4) is 0 Å². The van der Waals surface area contributed by atoms with E-state index in [2.05, 4.69) is 34.3 Å². The van der Waals surface area contributed by atoms with Gasteiger partial charge in [0.2, 0.25) is 0 Å². The van der Waals surface area contributed by atoms with Crippen molar-refractivity contribution in [1.82, 2.24) is 15.0 Å². The molecule has 0 atom stereocenters. The molecule has 0 saturated heterocycles. The second-order valence-electron chi connectivity index (χ2n) is 5.51. The molecular weight excluding hydrogens is 340 g/mol. The second-order valence-corrected chi connectivity index (χ2v) is 7.21. The molecule has 120 valence electrons. The third kappa shape index (κ3) is 2.88. The van der Waals surface area contributed by atoms with Gasteiger partial charge in [-0.05, 0) is 30.7 Å². The summed E-state index contributed by atoms with van der Waals surface area (Å²) >= 11 is 7.37. The third-order valence-corrected chi connectivity index (χ3v) is 5.07. The first-order valence-corrected chi connectivity index (χ1v) is 8.79. The van der Waals surface area contributed by atoms with Crippen LogP contribution in [0.5, 0.6) is 0 Å². The molecule has 0 spiro atoms. The smallest absolute Gasteiger partial charge is 0.183 e. The van der Waals surface area contributed by atoms with Gasteiger partial charge in [0, 0.05) is 22.3 Å². The van der Waals surface area contributed by atoms with Crippen LogP contribution in [0.4, 0.5) is 5.69 Å². The molecule has 2 aromatic carbocycles. The Balaban J connectivity index is 1.64. The predicted octanol–water partition coefficient (Wildman–Crippen LogP) is 5.26. The summed E-state index contributed by atoms with van der Waals surface area (Å²) in [7, 11) is 0. The van der Waals surface area contributed by atoms with Crippen LogP contribution in [0, 0.1) is 6.92 Å². The molecule has 0 aliphatic carbocycles. The number of thiazole rings is 1. The number of nitrogens with zero attached hydrogens (tertiary/aromatic N) is 2. The molecular formula is C18H15ClN4S. The van der Waals surface area contributed by atoms with Crippen molar-refractivity contribution < 1.29 is 0 Å². The van der Waals surface area contributed by atoms with Gasteiger partial charge in [-0.25, -0.2) is 9.97 Å². The first-order valence-electron chi connectivity index (χ1n) is 7.59. The van der Waals surface area contributed by atoms with Crippen LogP contribution in [0.25, 0.3) is 22.4 Å². The van der Waals surface area contributed by atoms with Crippen molar-refractivity contribution in [2.24, 2.45) is 0 Å². The van der Waals surface area contributed by atoms with Crippen molar-refractivity contribution >= 4 is 39.7 Å². The summed E-state index contributed by atoms with van der Waals surface area (Å²) in [5, 5.41) is 3.46. The van der Waals surface area contributed by atoms with Crippen LogP contribution in [0.1, 0.15) is 10.4 Å². The highest BCUT2D eigenvalue weighted by atomic mass is 35.5. The van der Waals surface area contributed by atoms with E-state index < -0.39 is 0 Å². The van der Waals surface area contributed by atoms with Gasteiger partial charge in [-0.2, -0.15) is 0 Å². The molecule has 4 rings (SSSR count). The van der Waals surface area contributed by atoms with E-state index in [-0.39, 0.29) is 0 Å². The molecule has 0 amide bonds. The monoisotopic (exact) mass is 354 g/mol. The van der Waals surface area contributed by atoms with Crippen LogP contribution in [0.15, 0.2) is 48.7 Å². The summed E-state index contributed by atoms with van der Waals surface area (Å²) in [5.74, 6) is 0.887. The standard InChI is InChI=1S/C18H15ClN4S/c1-11-13(17-22-15-6-2-3-7-16(15)23-17)5-4-8-14(11)20-9-12-10-21-18(19)24-12/h2-8,10,20H,9H2,1H3,(H,22,23). The Morgan fingerprint density at radius 2 is 2.04 bits per heavy atom. The molecule has 0 unspecified atom stereocenters. The van der Waals surface area contributed by atoms with Gasteiger partial charge in [0.25, 0.3) is 0 Å². The lowest BCUT2D eigenvalue weighted by Gasteiger charge is -2.11. The highest BCUT2D eigenvalue weighted by Crippen LogP contribution is 2.29. The zero-order valence-electron chi connectivity index (χ0n) is 13.0. The maximum Gasteiger partial charge on any atom is 0.183 e. The maximum atomic E-state index is 5.88. The van der Waals surface area contributed by atoms with Gasteiger partial charge in [-0.3, -0.25) is 0 Å². The van der Waals surface area contributed by atoms with Crippen molar-refractivity contribution in [2.75, 3.05) is 5.32 Å². The van der Waals surface area contributed by atoms with Crippen molar-refractivity contribution in [1.29, 1.82) is 0 Å². The molecule has 0 aliphatic heterocycles. The van der Waals surface area contributed by atoms with Crippen LogP contribution in [-0.4, -0.2) is 15.0 Å². The van der Waals surface area contributed by atoms with Gasteiger partial charge in [0.05, 0.1) is 17.6 Å². The summed E-state index contributed by atoms with van der Waals surface area (Å²) in [5.41, 5.74) is 5.36. The second kappa shape index (κ2) is 6.26. The van der Waals surface area contributed by atoms with Gasteiger partial charge in [-0.1, -0.05) is 35.9 Å². The molecule has 4 aromatic rings. The van der Waals surface area contributed by atoms with Crippen molar-refractivity contribution in [3.8, 4) is 11.4 Å². The molecule has 0 fully saturated rings. The number of imidazole rings is 1. The Morgan fingerprint density at radius 1 is 1.17 bits per heavy atom. The van der Waals surface area contributed by atoms with Crippen LogP contribution < -0.4 is 5.32 Å². The number of fused-ring (bicyclic) bond motifs is 1. The lowest BCUT2D eigenvalue weighted by Crippen LogP contribution is -2.00. The SMILES string of the molecule is Cc1c(NCc2cnc(Cl)s2)cccc1-c1nc2ccccc2[nH]1. The zero-order chi connectivity index (χ0) is 16.5. The van der Waals surface area contributed by atoms with E-state index in [1.807, 2.05) is 30.3 Å². The lowest BCUT2D eigenvalue weighted by atomic mass is 10.1. The number of nitrogens with one attached hydrogen (secondary N) is 2. The average Bonchev–Trinajstić information content (AvgIpc) is 3.19. The van der Waals surface area contributed by atoms with Crippen molar-refractivity contribution in [2.45, 2.75) is 13.5 Å². The van der Waals surface area contributed by atoms with Gasteiger partial charge >= 0.3 is 0 Å². The number of hydrogen-bond acceptors (Lipinski definition) is 4. The summed E-state index contributed by atoms with van der Waals surface area (Å²) in [6.45, 7) is 2.80. The number of aromatic nitrogens is 3. The lowest BCUT2D eigenvalue weighted by molar-refractivity contribution is 1.16. The van der Waals surface area contributed by atoms with E-state index >= 15 is 0 Å². The Bertz CT molecular complexity index is 972. The third-order valence-electron chi connectivity index (χ3n) is 3.96. The fraction of sp³-hybridized carbons (Fsp3) is 0.111. The van der Waals surface area contributed by atoms with E-state index in [1.54, 1.807) is 6.20 Å². The minimum atomic E-state index is 0.569. The number of rotatable bonds is 4. The van der Waals surface area contributed by atoms with Crippen LogP contribution in [0.2, 0.25) is 4.47 Å². The fourth-order valence-electron chi connectivity index (χ4n) is 2.71. The van der Waals surface area contributed by atoms with Gasteiger partial charge in [0.15, 0.2) is 4.47 Å². The number of aromatic amines is 1.